The van der Waals surface area contributed by atoms with Gasteiger partial charge >= 0.3 is 12.1 Å². The fraction of sp³-hybridized carbons (Fsp3) is 0.513. The highest BCUT2D eigenvalue weighted by atomic mass is 16.6. The molecule has 290 valence electrons. The minimum atomic E-state index is -1.93. The first-order valence-corrected chi connectivity index (χ1v) is 18.7. The van der Waals surface area contributed by atoms with Crippen LogP contribution in [0.25, 0.3) is 22.3 Å². The predicted octanol–water partition coefficient (Wildman–Crippen LogP) is 3.30. The van der Waals surface area contributed by atoms with Crippen molar-refractivity contribution in [2.45, 2.75) is 116 Å². The highest BCUT2D eigenvalue weighted by molar-refractivity contribution is 5.92. The van der Waals surface area contributed by atoms with Crippen LogP contribution in [0.4, 0.5) is 4.79 Å². The van der Waals surface area contributed by atoms with Gasteiger partial charge < -0.3 is 40.4 Å². The molecule has 0 radical (unpaired) electrons. The van der Waals surface area contributed by atoms with Crippen LogP contribution in [0, 0.1) is 0 Å². The number of aromatic nitrogens is 2. The van der Waals surface area contributed by atoms with E-state index in [0.29, 0.717) is 29.7 Å². The first-order valence-electron chi connectivity index (χ1n) is 18.7. The second-order valence-corrected chi connectivity index (χ2v) is 14.2. The predicted molar refractivity (Wildman–Crippen MR) is 199 cm³/mol. The van der Waals surface area contributed by atoms with E-state index in [2.05, 4.69) is 17.6 Å². The van der Waals surface area contributed by atoms with Gasteiger partial charge in [0.2, 0.25) is 17.7 Å². The highest BCUT2D eigenvalue weighted by Gasteiger charge is 2.45. The maximum absolute atomic E-state index is 13.6. The van der Waals surface area contributed by atoms with Gasteiger partial charge in [0.15, 0.2) is 5.60 Å². The Hall–Kier alpha value is -5.31. The Bertz CT molecular complexity index is 2030. The van der Waals surface area contributed by atoms with E-state index in [9.17, 15) is 33.9 Å². The molecular weight excluding hydrogens is 696 g/mol. The number of carbonyl (C=O) groups excluding carboxylic acids is 5. The van der Waals surface area contributed by atoms with Gasteiger partial charge in [0.1, 0.15) is 18.4 Å². The number of aliphatic hydroxyl groups is 1. The molecule has 0 unspecified atom stereocenters. The largest absolute Gasteiger partial charge is 0.458 e. The van der Waals surface area contributed by atoms with Crippen molar-refractivity contribution < 1.29 is 38.6 Å². The average Bonchev–Trinajstić information content (AvgIpc) is 3.50. The fourth-order valence-corrected chi connectivity index (χ4v) is 7.23. The number of benzene rings is 1. The number of rotatable bonds is 16. The number of cyclic esters (lactones) is 1. The Kier molecular flexibility index (Phi) is 12.4. The number of amides is 4. The minimum absolute atomic E-state index is 0.0423. The number of esters is 1. The normalized spacial score (nSPS) is 16.7. The number of hydrogen-bond acceptors (Lipinski definition) is 10. The van der Waals surface area contributed by atoms with Gasteiger partial charge in [-0.05, 0) is 56.0 Å². The molecular formula is C39H50N6O9. The SMILES string of the molecule is CCCCCCCC(=O)N[C@H](CC(N)=O)C(=O)N[C@@H](C)CN(C)C(=O)Oc1ccc2nc3c(c(CC)c2c1)Cn1c-3cc2c(c1=O)COC(=O)[C@]2(O)CC. The molecule has 0 saturated carbocycles. The molecule has 0 aliphatic carbocycles. The number of carbonyl (C=O) groups is 5. The number of pyridine rings is 2. The van der Waals surface area contributed by atoms with Crippen LogP contribution < -0.4 is 26.7 Å². The van der Waals surface area contributed by atoms with E-state index in [0.717, 1.165) is 42.2 Å². The Morgan fingerprint density at radius 1 is 1.07 bits per heavy atom. The zero-order chi connectivity index (χ0) is 39.3. The van der Waals surface area contributed by atoms with Crippen molar-refractivity contribution >= 4 is 40.7 Å². The second-order valence-electron chi connectivity index (χ2n) is 14.2. The van der Waals surface area contributed by atoms with Gasteiger partial charge in [0.05, 0.1) is 35.4 Å². The van der Waals surface area contributed by atoms with Crippen LogP contribution in [0.3, 0.4) is 0 Å². The molecule has 2 aliphatic rings. The molecule has 0 bridgehead atoms. The zero-order valence-electron chi connectivity index (χ0n) is 31.6. The molecule has 1 aromatic carbocycles. The third kappa shape index (κ3) is 8.25. The average molecular weight is 747 g/mol. The summed E-state index contributed by atoms with van der Waals surface area (Å²) in [6.07, 6.45) is 4.59. The van der Waals surface area contributed by atoms with Gasteiger partial charge in [0.25, 0.3) is 5.56 Å². The van der Waals surface area contributed by atoms with Crippen LogP contribution >= 0.6 is 0 Å². The lowest BCUT2D eigenvalue weighted by atomic mass is 9.86. The Labute approximate surface area is 313 Å². The van der Waals surface area contributed by atoms with Gasteiger partial charge in [-0.2, -0.15) is 0 Å². The number of hydrogen-bond donors (Lipinski definition) is 4. The summed E-state index contributed by atoms with van der Waals surface area (Å²) in [7, 11) is 1.52. The van der Waals surface area contributed by atoms with Crippen LogP contribution in [0.5, 0.6) is 5.75 Å². The Balaban J connectivity index is 1.27. The summed E-state index contributed by atoms with van der Waals surface area (Å²) in [5.74, 6) is -2.18. The lowest BCUT2D eigenvalue weighted by molar-refractivity contribution is -0.172. The number of unbranched alkanes of at least 4 members (excludes halogenated alkanes) is 4. The van der Waals surface area contributed by atoms with Crippen molar-refractivity contribution in [1.29, 1.82) is 0 Å². The first-order chi connectivity index (χ1) is 25.7. The molecule has 2 aromatic heterocycles. The van der Waals surface area contributed by atoms with E-state index < -0.39 is 41.6 Å². The van der Waals surface area contributed by atoms with Crippen LogP contribution in [-0.4, -0.2) is 75.0 Å². The molecule has 5 N–H and O–H groups in total. The van der Waals surface area contributed by atoms with Crippen molar-refractivity contribution in [1.82, 2.24) is 25.1 Å². The quantitative estimate of drug-likeness (QED) is 0.0970. The van der Waals surface area contributed by atoms with Crippen LogP contribution in [0.1, 0.15) is 101 Å². The number of fused-ring (bicyclic) bond motifs is 5. The molecule has 15 heteroatoms. The third-order valence-corrected chi connectivity index (χ3v) is 10.1. The van der Waals surface area contributed by atoms with E-state index in [1.165, 1.54) is 11.9 Å². The number of primary amides is 1. The van der Waals surface area contributed by atoms with Crippen molar-refractivity contribution in [2.24, 2.45) is 5.73 Å². The molecule has 54 heavy (non-hydrogen) atoms. The molecule has 4 heterocycles. The molecule has 15 nitrogen and oxygen atoms in total. The molecule has 5 rings (SSSR count). The van der Waals surface area contributed by atoms with Crippen molar-refractivity contribution in [3.05, 3.63) is 56.9 Å². The van der Waals surface area contributed by atoms with Crippen molar-refractivity contribution in [3.63, 3.8) is 0 Å². The van der Waals surface area contributed by atoms with Crippen molar-refractivity contribution in [2.75, 3.05) is 13.6 Å². The minimum Gasteiger partial charge on any atom is -0.458 e. The maximum Gasteiger partial charge on any atom is 0.415 e. The van der Waals surface area contributed by atoms with Gasteiger partial charge in [-0.1, -0.05) is 46.5 Å². The lowest BCUT2D eigenvalue weighted by Gasteiger charge is -2.31. The summed E-state index contributed by atoms with van der Waals surface area (Å²) in [5, 5.41) is 17.3. The van der Waals surface area contributed by atoms with Gasteiger partial charge in [-0.15, -0.1) is 0 Å². The summed E-state index contributed by atoms with van der Waals surface area (Å²) in [4.78, 5) is 82.7. The topological polar surface area (TPSA) is 212 Å². The van der Waals surface area contributed by atoms with E-state index in [4.69, 9.17) is 20.2 Å². The second kappa shape index (κ2) is 16.8. The number of nitrogens with two attached hydrogens (primary N) is 1. The lowest BCUT2D eigenvalue weighted by Crippen LogP contribution is -2.52. The van der Waals surface area contributed by atoms with Crippen LogP contribution in [0.2, 0.25) is 0 Å². The number of aryl methyl sites for hydroxylation is 1. The van der Waals surface area contributed by atoms with Gasteiger partial charge in [0, 0.05) is 42.6 Å². The number of likely N-dealkylation sites (N-methyl/N-ethyl adjacent to an activating group) is 1. The summed E-state index contributed by atoms with van der Waals surface area (Å²) in [6, 6.07) is 5.01. The monoisotopic (exact) mass is 746 g/mol. The van der Waals surface area contributed by atoms with Gasteiger partial charge in [-0.25, -0.2) is 14.6 Å². The van der Waals surface area contributed by atoms with E-state index >= 15 is 0 Å². The zero-order valence-corrected chi connectivity index (χ0v) is 31.6. The first kappa shape index (κ1) is 39.9. The van der Waals surface area contributed by atoms with E-state index in [1.54, 1.807) is 42.7 Å². The summed E-state index contributed by atoms with van der Waals surface area (Å²) >= 11 is 0. The van der Waals surface area contributed by atoms with E-state index in [-0.39, 0.29) is 67.3 Å². The molecule has 0 fully saturated rings. The standard InChI is InChI=1S/C39H50N6O9/c1-6-9-10-11-12-13-33(47)42-30(18-32(40)46)35(48)41-22(4)19-44(5)38(51)54-23-14-15-29-25(16-23)24(7-2)26-20-45-31(34(26)43-29)17-28-27(36(45)49)21-53-37(50)39(28,52)8-3/h14-17,22,30,52H,6-13,18-21H2,1-5H3,(H2,40,46)(H,41,48)(H,42,47)/t22-,30+,39-/m0/s1. The van der Waals surface area contributed by atoms with E-state index in [1.807, 2.05) is 6.92 Å². The fourth-order valence-electron chi connectivity index (χ4n) is 7.23. The maximum atomic E-state index is 13.6. The number of nitrogens with zero attached hydrogens (tertiary/aromatic N) is 3. The molecule has 0 spiro atoms. The Morgan fingerprint density at radius 2 is 1.81 bits per heavy atom. The molecule has 3 aromatic rings. The van der Waals surface area contributed by atoms with Crippen LogP contribution in [0.15, 0.2) is 29.1 Å². The highest BCUT2D eigenvalue weighted by Crippen LogP contribution is 2.40. The molecule has 4 amide bonds. The Morgan fingerprint density at radius 3 is 2.50 bits per heavy atom. The smallest absolute Gasteiger partial charge is 0.415 e. The molecule has 3 atom stereocenters. The van der Waals surface area contributed by atoms with Gasteiger partial charge in [-0.3, -0.25) is 19.2 Å². The molecule has 0 saturated heterocycles. The number of ether oxygens (including phenoxy) is 2. The van der Waals surface area contributed by atoms with Crippen molar-refractivity contribution in [3.8, 4) is 17.1 Å². The summed E-state index contributed by atoms with van der Waals surface area (Å²) in [5.41, 5.74) is 6.98. The summed E-state index contributed by atoms with van der Waals surface area (Å²) in [6.45, 7) is 7.49. The third-order valence-electron chi connectivity index (χ3n) is 10.1. The molecule has 2 aliphatic heterocycles. The number of nitrogens with one attached hydrogen (secondary N) is 2. The summed E-state index contributed by atoms with van der Waals surface area (Å²) < 4.78 is 12.5. The van der Waals surface area contributed by atoms with Crippen LogP contribution in [-0.2, 0) is 49.1 Å².